The van der Waals surface area contributed by atoms with E-state index in [1.54, 1.807) is 0 Å². The Labute approximate surface area is 127 Å². The average molecular weight is 292 g/mol. The minimum absolute atomic E-state index is 0.274. The first-order valence-corrected chi connectivity index (χ1v) is 7.93. The summed E-state index contributed by atoms with van der Waals surface area (Å²) >= 11 is 0. The van der Waals surface area contributed by atoms with Crippen LogP contribution in [0.4, 0.5) is 11.6 Å². The minimum Gasteiger partial charge on any atom is -0.366 e. The highest BCUT2D eigenvalue weighted by atomic mass is 15.3. The lowest BCUT2D eigenvalue weighted by Gasteiger charge is -2.29. The molecule has 1 aliphatic heterocycles. The van der Waals surface area contributed by atoms with Crippen LogP contribution in [0, 0.1) is 0 Å². The van der Waals surface area contributed by atoms with E-state index in [-0.39, 0.29) is 5.92 Å². The molecule has 0 radical (unpaired) electrons. The topological polar surface area (TPSA) is 79.1 Å². The Morgan fingerprint density at radius 3 is 2.43 bits per heavy atom. The second kappa shape index (κ2) is 7.56. The zero-order valence-electron chi connectivity index (χ0n) is 13.4. The summed E-state index contributed by atoms with van der Waals surface area (Å²) in [5.41, 5.74) is 2.62. The van der Waals surface area contributed by atoms with Crippen LogP contribution in [0.5, 0.6) is 0 Å². The number of nitrogens with zero attached hydrogens (tertiary/aromatic N) is 3. The van der Waals surface area contributed by atoms with Gasteiger partial charge in [-0.15, -0.1) is 0 Å². The fourth-order valence-corrected chi connectivity index (χ4v) is 2.70. The van der Waals surface area contributed by atoms with Gasteiger partial charge in [0, 0.05) is 24.6 Å². The third-order valence-electron chi connectivity index (χ3n) is 3.78. The highest BCUT2D eigenvalue weighted by Crippen LogP contribution is 2.17. The summed E-state index contributed by atoms with van der Waals surface area (Å²) in [5, 5.41) is 3.47. The molecule has 4 N–H and O–H groups in total. The summed E-state index contributed by atoms with van der Waals surface area (Å²) in [4.78, 5) is 11.5. The monoisotopic (exact) mass is 292 g/mol. The van der Waals surface area contributed by atoms with E-state index in [0.29, 0.717) is 11.9 Å². The Hall–Kier alpha value is -1.40. The fourth-order valence-electron chi connectivity index (χ4n) is 2.70. The number of anilines is 2. The molecule has 2 rings (SSSR count). The normalized spacial score (nSPS) is 17.8. The van der Waals surface area contributed by atoms with Crippen molar-refractivity contribution in [1.82, 2.24) is 14.9 Å². The molecular weight excluding hydrogens is 264 g/mol. The van der Waals surface area contributed by atoms with Crippen LogP contribution in [0.2, 0.25) is 0 Å². The van der Waals surface area contributed by atoms with Gasteiger partial charge in [-0.1, -0.05) is 20.3 Å². The number of nitrogens with two attached hydrogens (primary N) is 1. The lowest BCUT2D eigenvalue weighted by Crippen LogP contribution is -2.38. The molecule has 1 fully saturated rings. The Bertz CT molecular complexity index is 442. The SMILES string of the molecule is CC(CN1CCCCC1)Nc1cc(NN)nc(C(C)C)n1. The van der Waals surface area contributed by atoms with Gasteiger partial charge in [0.1, 0.15) is 17.5 Å². The van der Waals surface area contributed by atoms with Crippen LogP contribution in [-0.2, 0) is 0 Å². The van der Waals surface area contributed by atoms with E-state index >= 15 is 0 Å². The van der Waals surface area contributed by atoms with Gasteiger partial charge in [0.15, 0.2) is 0 Å². The number of likely N-dealkylation sites (tertiary alicyclic amines) is 1. The Morgan fingerprint density at radius 2 is 1.81 bits per heavy atom. The second-order valence-corrected chi connectivity index (χ2v) is 6.20. The second-order valence-electron chi connectivity index (χ2n) is 6.20. The van der Waals surface area contributed by atoms with Crippen molar-refractivity contribution in [2.75, 3.05) is 30.4 Å². The predicted molar refractivity (Wildman–Crippen MR) is 87.3 cm³/mol. The van der Waals surface area contributed by atoms with Crippen molar-refractivity contribution >= 4 is 11.6 Å². The molecule has 1 aliphatic rings. The van der Waals surface area contributed by atoms with Crippen LogP contribution in [0.25, 0.3) is 0 Å². The van der Waals surface area contributed by atoms with Gasteiger partial charge in [-0.2, -0.15) is 0 Å². The molecule has 118 valence electrons. The van der Waals surface area contributed by atoms with Crippen molar-refractivity contribution in [2.45, 2.75) is 52.0 Å². The maximum absolute atomic E-state index is 5.49. The van der Waals surface area contributed by atoms with Crippen molar-refractivity contribution in [3.05, 3.63) is 11.9 Å². The molecule has 0 saturated carbocycles. The highest BCUT2D eigenvalue weighted by molar-refractivity contribution is 5.47. The van der Waals surface area contributed by atoms with Crippen molar-refractivity contribution in [3.8, 4) is 0 Å². The van der Waals surface area contributed by atoms with Gasteiger partial charge in [-0.05, 0) is 32.9 Å². The average Bonchev–Trinajstić information content (AvgIpc) is 2.47. The van der Waals surface area contributed by atoms with Gasteiger partial charge in [0.25, 0.3) is 0 Å². The molecule has 0 bridgehead atoms. The molecule has 6 heteroatoms. The first-order valence-electron chi connectivity index (χ1n) is 7.93. The van der Waals surface area contributed by atoms with Crippen molar-refractivity contribution in [3.63, 3.8) is 0 Å². The molecule has 0 aliphatic carbocycles. The van der Waals surface area contributed by atoms with Crippen LogP contribution in [0.3, 0.4) is 0 Å². The first kappa shape index (κ1) is 16.0. The van der Waals surface area contributed by atoms with Gasteiger partial charge in [-0.3, -0.25) is 0 Å². The van der Waals surface area contributed by atoms with E-state index in [0.717, 1.165) is 18.2 Å². The molecule has 0 amide bonds. The van der Waals surface area contributed by atoms with Crippen molar-refractivity contribution in [2.24, 2.45) is 5.84 Å². The number of nitrogen functional groups attached to an aromatic ring is 1. The Balaban J connectivity index is 1.98. The molecule has 1 aromatic heterocycles. The van der Waals surface area contributed by atoms with E-state index in [9.17, 15) is 0 Å². The van der Waals surface area contributed by atoms with Crippen LogP contribution >= 0.6 is 0 Å². The smallest absolute Gasteiger partial charge is 0.145 e. The molecule has 2 heterocycles. The maximum atomic E-state index is 5.49. The number of hydrogen-bond donors (Lipinski definition) is 3. The molecule has 1 atom stereocenters. The summed E-state index contributed by atoms with van der Waals surface area (Å²) in [6.45, 7) is 9.83. The third-order valence-corrected chi connectivity index (χ3v) is 3.78. The van der Waals surface area contributed by atoms with E-state index < -0.39 is 0 Å². The maximum Gasteiger partial charge on any atom is 0.145 e. The lowest BCUT2D eigenvalue weighted by atomic mass is 10.1. The van der Waals surface area contributed by atoms with Gasteiger partial charge < -0.3 is 15.6 Å². The molecule has 6 nitrogen and oxygen atoms in total. The van der Waals surface area contributed by atoms with Crippen LogP contribution in [-0.4, -0.2) is 40.5 Å². The van der Waals surface area contributed by atoms with Gasteiger partial charge in [0.2, 0.25) is 0 Å². The molecule has 1 unspecified atom stereocenters. The summed E-state index contributed by atoms with van der Waals surface area (Å²) in [6, 6.07) is 2.21. The number of piperidine rings is 1. The van der Waals surface area contributed by atoms with Crippen molar-refractivity contribution in [1.29, 1.82) is 0 Å². The molecule has 21 heavy (non-hydrogen) atoms. The molecule has 1 aromatic rings. The number of hydrazine groups is 1. The van der Waals surface area contributed by atoms with Crippen LogP contribution in [0.15, 0.2) is 6.07 Å². The molecule has 0 spiro atoms. The molecule has 0 aromatic carbocycles. The van der Waals surface area contributed by atoms with Crippen molar-refractivity contribution < 1.29 is 0 Å². The van der Waals surface area contributed by atoms with Gasteiger partial charge in [-0.25, -0.2) is 15.8 Å². The van der Waals surface area contributed by atoms with Gasteiger partial charge >= 0.3 is 0 Å². The van der Waals surface area contributed by atoms with Crippen LogP contribution < -0.4 is 16.6 Å². The lowest BCUT2D eigenvalue weighted by molar-refractivity contribution is 0.223. The largest absolute Gasteiger partial charge is 0.366 e. The number of aromatic nitrogens is 2. The number of nitrogens with one attached hydrogen (secondary N) is 2. The summed E-state index contributed by atoms with van der Waals surface area (Å²) in [5.74, 6) is 8.06. The van der Waals surface area contributed by atoms with E-state index in [4.69, 9.17) is 5.84 Å². The van der Waals surface area contributed by atoms with E-state index in [1.807, 2.05) is 6.07 Å². The number of rotatable bonds is 6. The third kappa shape index (κ3) is 4.82. The highest BCUT2D eigenvalue weighted by Gasteiger charge is 2.14. The summed E-state index contributed by atoms with van der Waals surface area (Å²) in [6.07, 6.45) is 4.01. The summed E-state index contributed by atoms with van der Waals surface area (Å²) in [7, 11) is 0. The predicted octanol–water partition coefficient (Wildman–Crippen LogP) is 2.17. The zero-order chi connectivity index (χ0) is 15.2. The first-order chi connectivity index (χ1) is 10.1. The quantitative estimate of drug-likeness (QED) is 0.551. The molecule has 1 saturated heterocycles. The van der Waals surface area contributed by atoms with E-state index in [2.05, 4.69) is 46.4 Å². The Kier molecular flexibility index (Phi) is 5.76. The fraction of sp³-hybridized carbons (Fsp3) is 0.733. The van der Waals surface area contributed by atoms with E-state index in [1.165, 1.54) is 32.4 Å². The van der Waals surface area contributed by atoms with Crippen LogP contribution in [0.1, 0.15) is 51.8 Å². The minimum atomic E-state index is 0.274. The van der Waals surface area contributed by atoms with Gasteiger partial charge in [0.05, 0.1) is 0 Å². The number of hydrogen-bond acceptors (Lipinski definition) is 6. The standard InChI is InChI=1S/C15H28N6/c1-11(2)15-18-13(9-14(19-15)20-16)17-12(3)10-21-7-5-4-6-8-21/h9,11-12H,4-8,10,16H2,1-3H3,(H2,17,18,19,20). The Morgan fingerprint density at radius 1 is 1.14 bits per heavy atom. The zero-order valence-corrected chi connectivity index (χ0v) is 13.4. The summed E-state index contributed by atoms with van der Waals surface area (Å²) < 4.78 is 0. The molecular formula is C15H28N6.